The number of aliphatic hydroxyl groups is 2. The second-order valence-corrected chi connectivity index (χ2v) is 6.35. The molecule has 1 aromatic carbocycles. The molecule has 3 rings (SSSR count). The maximum absolute atomic E-state index is 9.42. The molecule has 1 aliphatic carbocycles. The lowest BCUT2D eigenvalue weighted by Gasteiger charge is -2.06. The van der Waals surface area contributed by atoms with Gasteiger partial charge in [-0.25, -0.2) is 4.68 Å². The van der Waals surface area contributed by atoms with Gasteiger partial charge in [0.05, 0.1) is 24.1 Å². The Bertz CT molecular complexity index is 598. The van der Waals surface area contributed by atoms with Gasteiger partial charge in [0, 0.05) is 17.2 Å². The number of para-hydroxylation sites is 1. The molecule has 1 aliphatic rings. The lowest BCUT2D eigenvalue weighted by molar-refractivity contribution is 0.113. The number of fused-ring (bicyclic) bond motifs is 1. The number of aromatic nitrogens is 2. The van der Waals surface area contributed by atoms with Crippen molar-refractivity contribution in [2.45, 2.75) is 31.1 Å². The van der Waals surface area contributed by atoms with Crippen LogP contribution >= 0.6 is 11.8 Å². The van der Waals surface area contributed by atoms with Gasteiger partial charge in [-0.2, -0.15) is 16.9 Å². The van der Waals surface area contributed by atoms with Crippen LogP contribution in [0.5, 0.6) is 0 Å². The van der Waals surface area contributed by atoms with Crippen molar-refractivity contribution >= 4 is 11.8 Å². The van der Waals surface area contributed by atoms with Crippen LogP contribution < -0.4 is 0 Å². The minimum atomic E-state index is -0.640. The second-order valence-electron chi connectivity index (χ2n) is 5.32. The highest BCUT2D eigenvalue weighted by Gasteiger charge is 2.22. The Balaban J connectivity index is 1.80. The Morgan fingerprint density at radius 2 is 2.05 bits per heavy atom. The van der Waals surface area contributed by atoms with Gasteiger partial charge < -0.3 is 10.2 Å². The maximum Gasteiger partial charge on any atom is 0.0861 e. The maximum atomic E-state index is 9.42. The molecule has 2 aromatic rings. The Morgan fingerprint density at radius 1 is 1.24 bits per heavy atom. The summed E-state index contributed by atoms with van der Waals surface area (Å²) >= 11 is 1.63. The molecule has 0 bridgehead atoms. The van der Waals surface area contributed by atoms with Crippen LogP contribution in [-0.2, 0) is 18.6 Å². The van der Waals surface area contributed by atoms with Crippen molar-refractivity contribution in [2.75, 3.05) is 12.4 Å². The molecule has 4 nitrogen and oxygen atoms in total. The molecule has 0 radical (unpaired) electrons. The van der Waals surface area contributed by atoms with Crippen LogP contribution in [0.3, 0.4) is 0 Å². The second kappa shape index (κ2) is 6.64. The smallest absolute Gasteiger partial charge is 0.0861 e. The molecule has 1 heterocycles. The average Bonchev–Trinajstić information content (AvgIpc) is 3.11. The fourth-order valence-corrected chi connectivity index (χ4v) is 3.68. The first-order chi connectivity index (χ1) is 10.3. The molecule has 1 atom stereocenters. The summed E-state index contributed by atoms with van der Waals surface area (Å²) in [5.41, 5.74) is 4.95. The van der Waals surface area contributed by atoms with Gasteiger partial charge in [0.2, 0.25) is 0 Å². The molecule has 112 valence electrons. The largest absolute Gasteiger partial charge is 0.394 e. The normalized spacial score (nSPS) is 15.1. The first-order valence-corrected chi connectivity index (χ1v) is 8.47. The number of rotatable bonds is 6. The third-order valence-electron chi connectivity index (χ3n) is 3.77. The SMILES string of the molecule is OCC(O)CSCc1nn(-c2ccccc2)c2c1CCC2. The number of hydrogen-bond acceptors (Lipinski definition) is 4. The summed E-state index contributed by atoms with van der Waals surface area (Å²) in [6.07, 6.45) is 2.73. The molecule has 0 saturated heterocycles. The Morgan fingerprint density at radius 3 is 2.81 bits per heavy atom. The number of hydrogen-bond donors (Lipinski definition) is 2. The highest BCUT2D eigenvalue weighted by molar-refractivity contribution is 7.98. The van der Waals surface area contributed by atoms with Crippen LogP contribution in [0.1, 0.15) is 23.4 Å². The third-order valence-corrected chi connectivity index (χ3v) is 4.87. The molecule has 2 N–H and O–H groups in total. The van der Waals surface area contributed by atoms with Gasteiger partial charge in [0.1, 0.15) is 0 Å². The zero-order valence-electron chi connectivity index (χ0n) is 11.9. The van der Waals surface area contributed by atoms with Crippen molar-refractivity contribution in [1.82, 2.24) is 9.78 Å². The minimum Gasteiger partial charge on any atom is -0.394 e. The van der Waals surface area contributed by atoms with Crippen molar-refractivity contribution in [3.63, 3.8) is 0 Å². The van der Waals surface area contributed by atoms with E-state index in [1.807, 2.05) is 18.2 Å². The molecule has 1 aromatic heterocycles. The summed E-state index contributed by atoms with van der Waals surface area (Å²) in [5, 5.41) is 23.0. The Labute approximate surface area is 128 Å². The van der Waals surface area contributed by atoms with Gasteiger partial charge >= 0.3 is 0 Å². The van der Waals surface area contributed by atoms with E-state index in [0.717, 1.165) is 30.0 Å². The number of nitrogens with zero attached hydrogens (tertiary/aromatic N) is 2. The van der Waals surface area contributed by atoms with E-state index in [1.54, 1.807) is 11.8 Å². The Hall–Kier alpha value is -1.30. The lowest BCUT2D eigenvalue weighted by atomic mass is 10.2. The van der Waals surface area contributed by atoms with Gasteiger partial charge in [-0.3, -0.25) is 0 Å². The highest BCUT2D eigenvalue weighted by Crippen LogP contribution is 2.29. The van der Waals surface area contributed by atoms with Crippen LogP contribution in [0.15, 0.2) is 30.3 Å². The van der Waals surface area contributed by atoms with E-state index in [2.05, 4.69) is 16.8 Å². The first-order valence-electron chi connectivity index (χ1n) is 7.31. The topological polar surface area (TPSA) is 58.3 Å². The summed E-state index contributed by atoms with van der Waals surface area (Å²) in [7, 11) is 0. The standard InChI is InChI=1S/C16H20N2O2S/c19-9-13(20)10-21-11-15-14-7-4-8-16(14)18(17-15)12-5-2-1-3-6-12/h1-3,5-6,13,19-20H,4,7-11H2. The van der Waals surface area contributed by atoms with E-state index in [1.165, 1.54) is 17.7 Å². The van der Waals surface area contributed by atoms with Crippen LogP contribution in [0, 0.1) is 0 Å². The molecule has 0 aliphatic heterocycles. The van der Waals surface area contributed by atoms with E-state index >= 15 is 0 Å². The van der Waals surface area contributed by atoms with Crippen LogP contribution in [0.2, 0.25) is 0 Å². The zero-order chi connectivity index (χ0) is 14.7. The molecule has 1 unspecified atom stereocenters. The molecular weight excluding hydrogens is 284 g/mol. The molecule has 0 spiro atoms. The van der Waals surface area contributed by atoms with Crippen molar-refractivity contribution in [1.29, 1.82) is 0 Å². The third kappa shape index (κ3) is 3.15. The van der Waals surface area contributed by atoms with Gasteiger partial charge in [-0.05, 0) is 37.0 Å². The van der Waals surface area contributed by atoms with Crippen molar-refractivity contribution in [3.05, 3.63) is 47.3 Å². The summed E-state index contributed by atoms with van der Waals surface area (Å²) < 4.78 is 2.07. The van der Waals surface area contributed by atoms with Crippen molar-refractivity contribution in [2.24, 2.45) is 0 Å². The molecule has 0 amide bonds. The average molecular weight is 304 g/mol. The monoisotopic (exact) mass is 304 g/mol. The van der Waals surface area contributed by atoms with E-state index < -0.39 is 6.10 Å². The van der Waals surface area contributed by atoms with Crippen LogP contribution in [-0.4, -0.2) is 38.5 Å². The van der Waals surface area contributed by atoms with Crippen LogP contribution in [0.4, 0.5) is 0 Å². The van der Waals surface area contributed by atoms with Gasteiger partial charge in [-0.15, -0.1) is 0 Å². The molecule has 0 fully saturated rings. The quantitative estimate of drug-likeness (QED) is 0.856. The van der Waals surface area contributed by atoms with Gasteiger partial charge in [0.15, 0.2) is 0 Å². The van der Waals surface area contributed by atoms with E-state index in [-0.39, 0.29) is 6.61 Å². The number of thioether (sulfide) groups is 1. The van der Waals surface area contributed by atoms with E-state index in [0.29, 0.717) is 5.75 Å². The minimum absolute atomic E-state index is 0.177. The molecule has 21 heavy (non-hydrogen) atoms. The summed E-state index contributed by atoms with van der Waals surface area (Å²) in [6.45, 7) is -0.177. The van der Waals surface area contributed by atoms with E-state index in [4.69, 9.17) is 10.2 Å². The predicted molar refractivity (Wildman–Crippen MR) is 84.8 cm³/mol. The molecule has 5 heteroatoms. The fraction of sp³-hybridized carbons (Fsp3) is 0.438. The molecular formula is C16H20N2O2S. The lowest BCUT2D eigenvalue weighted by Crippen LogP contribution is -2.14. The Kier molecular flexibility index (Phi) is 4.63. The summed E-state index contributed by atoms with van der Waals surface area (Å²) in [6, 6.07) is 10.2. The van der Waals surface area contributed by atoms with Gasteiger partial charge in [-0.1, -0.05) is 18.2 Å². The predicted octanol–water partition coefficient (Wildman–Crippen LogP) is 1.95. The first kappa shape index (κ1) is 14.6. The fourth-order valence-electron chi connectivity index (χ4n) is 2.76. The number of benzene rings is 1. The highest BCUT2D eigenvalue weighted by atomic mass is 32.2. The van der Waals surface area contributed by atoms with Crippen LogP contribution in [0.25, 0.3) is 5.69 Å². The summed E-state index contributed by atoms with van der Waals surface area (Å²) in [4.78, 5) is 0. The molecule has 0 saturated carbocycles. The van der Waals surface area contributed by atoms with Crippen molar-refractivity contribution in [3.8, 4) is 5.69 Å². The van der Waals surface area contributed by atoms with E-state index in [9.17, 15) is 5.11 Å². The zero-order valence-corrected chi connectivity index (χ0v) is 12.7. The number of aliphatic hydroxyl groups excluding tert-OH is 2. The summed E-state index contributed by atoms with van der Waals surface area (Å²) in [5.74, 6) is 1.34. The van der Waals surface area contributed by atoms with Crippen molar-refractivity contribution < 1.29 is 10.2 Å². The van der Waals surface area contributed by atoms with Gasteiger partial charge in [0.25, 0.3) is 0 Å².